The molecule has 0 saturated carbocycles. The molecule has 1 aromatic heterocycles. The average Bonchev–Trinajstić information content (AvgIpc) is 3.11. The molecule has 2 aromatic carbocycles. The van der Waals surface area contributed by atoms with E-state index >= 15 is 0 Å². The highest BCUT2D eigenvalue weighted by Crippen LogP contribution is 2.13. The Bertz CT molecular complexity index is 746. The van der Waals surface area contributed by atoms with E-state index in [2.05, 4.69) is 5.32 Å². The van der Waals surface area contributed by atoms with E-state index in [0.717, 1.165) is 16.8 Å². The van der Waals surface area contributed by atoms with Gasteiger partial charge in [-0.1, -0.05) is 42.5 Å². The van der Waals surface area contributed by atoms with Crippen LogP contribution in [0.1, 0.15) is 24.1 Å². The minimum Gasteiger partial charge on any atom is -0.349 e. The maximum Gasteiger partial charge on any atom is 0.224 e. The Morgan fingerprint density at radius 3 is 2.26 bits per heavy atom. The van der Waals surface area contributed by atoms with Gasteiger partial charge in [0.25, 0.3) is 0 Å². The van der Waals surface area contributed by atoms with E-state index in [0.29, 0.717) is 6.42 Å². The lowest BCUT2D eigenvalue weighted by Gasteiger charge is -2.14. The minimum atomic E-state index is 0.0165. The van der Waals surface area contributed by atoms with E-state index in [1.54, 1.807) is 0 Å². The molecule has 1 N–H and O–H groups in total. The van der Waals surface area contributed by atoms with Crippen molar-refractivity contribution in [1.82, 2.24) is 9.88 Å². The number of hydrogen-bond donors (Lipinski definition) is 1. The highest BCUT2D eigenvalue weighted by atomic mass is 16.1. The smallest absolute Gasteiger partial charge is 0.224 e. The monoisotopic (exact) mass is 304 g/mol. The molecule has 0 saturated heterocycles. The summed E-state index contributed by atoms with van der Waals surface area (Å²) in [5, 5.41) is 3.04. The molecule has 116 valence electrons. The summed E-state index contributed by atoms with van der Waals surface area (Å²) in [5.41, 5.74) is 3.22. The second-order valence-electron chi connectivity index (χ2n) is 5.63. The number of carbonyl (C=O) groups excluding carboxylic acids is 1. The summed E-state index contributed by atoms with van der Waals surface area (Å²) in [4.78, 5) is 12.2. The summed E-state index contributed by atoms with van der Waals surface area (Å²) < 4.78 is 2.04. The Labute approximate surface area is 136 Å². The number of benzene rings is 2. The van der Waals surface area contributed by atoms with Crippen molar-refractivity contribution in [1.29, 1.82) is 0 Å². The predicted octanol–water partition coefficient (Wildman–Crippen LogP) is 3.90. The molecule has 1 heterocycles. The zero-order chi connectivity index (χ0) is 16.1. The van der Waals surface area contributed by atoms with Crippen LogP contribution < -0.4 is 5.32 Å². The summed E-state index contributed by atoms with van der Waals surface area (Å²) >= 11 is 0. The molecule has 0 bridgehead atoms. The van der Waals surface area contributed by atoms with Crippen LogP contribution >= 0.6 is 0 Å². The Morgan fingerprint density at radius 1 is 0.957 bits per heavy atom. The highest BCUT2D eigenvalue weighted by Gasteiger charge is 2.09. The van der Waals surface area contributed by atoms with Crippen LogP contribution in [0, 0.1) is 0 Å². The predicted molar refractivity (Wildman–Crippen MR) is 92.5 cm³/mol. The van der Waals surface area contributed by atoms with E-state index in [9.17, 15) is 4.79 Å². The first kappa shape index (κ1) is 15.1. The normalized spacial score (nSPS) is 11.9. The number of amides is 1. The van der Waals surface area contributed by atoms with Crippen molar-refractivity contribution in [2.45, 2.75) is 19.4 Å². The van der Waals surface area contributed by atoms with Crippen molar-refractivity contribution in [3.8, 4) is 5.69 Å². The molecule has 23 heavy (non-hydrogen) atoms. The third kappa shape index (κ3) is 3.89. The summed E-state index contributed by atoms with van der Waals surface area (Å²) in [6.45, 7) is 2.00. The van der Waals surface area contributed by atoms with E-state index < -0.39 is 0 Å². The molecule has 1 atom stereocenters. The zero-order valence-corrected chi connectivity index (χ0v) is 13.1. The number of carbonyl (C=O) groups is 1. The molecule has 3 aromatic rings. The van der Waals surface area contributed by atoms with Gasteiger partial charge in [-0.05, 0) is 42.3 Å². The van der Waals surface area contributed by atoms with Crippen LogP contribution in [0.4, 0.5) is 0 Å². The summed E-state index contributed by atoms with van der Waals surface area (Å²) in [7, 11) is 0. The minimum absolute atomic E-state index is 0.0165. The third-order valence-electron chi connectivity index (χ3n) is 3.88. The molecule has 0 aliphatic heterocycles. The molecule has 0 aliphatic carbocycles. The van der Waals surface area contributed by atoms with Gasteiger partial charge in [-0.15, -0.1) is 0 Å². The fourth-order valence-corrected chi connectivity index (χ4v) is 2.60. The van der Waals surface area contributed by atoms with Gasteiger partial charge in [-0.3, -0.25) is 4.79 Å². The maximum atomic E-state index is 12.2. The van der Waals surface area contributed by atoms with Crippen molar-refractivity contribution < 1.29 is 4.79 Å². The third-order valence-corrected chi connectivity index (χ3v) is 3.88. The second kappa shape index (κ2) is 6.97. The van der Waals surface area contributed by atoms with Crippen LogP contribution in [0.2, 0.25) is 0 Å². The molecule has 3 nitrogen and oxygen atoms in total. The number of nitrogens with zero attached hydrogens (tertiary/aromatic N) is 1. The molecule has 1 unspecified atom stereocenters. The van der Waals surface area contributed by atoms with Gasteiger partial charge in [-0.2, -0.15) is 0 Å². The quantitative estimate of drug-likeness (QED) is 0.762. The average molecular weight is 304 g/mol. The fraction of sp³-hybridized carbons (Fsp3) is 0.150. The standard InChI is InChI=1S/C20H20N2O/c1-16(18-7-3-2-4-8-18)21-20(23)15-17-9-11-19(12-10-17)22-13-5-6-14-22/h2-14,16H,15H2,1H3,(H,21,23). The van der Waals surface area contributed by atoms with Crippen LogP contribution in [-0.2, 0) is 11.2 Å². The maximum absolute atomic E-state index is 12.2. The molecule has 0 spiro atoms. The molecular weight excluding hydrogens is 284 g/mol. The Balaban J connectivity index is 1.60. The summed E-state index contributed by atoms with van der Waals surface area (Å²) in [6.07, 6.45) is 4.40. The number of aromatic nitrogens is 1. The van der Waals surface area contributed by atoms with E-state index in [1.165, 1.54) is 0 Å². The lowest BCUT2D eigenvalue weighted by Crippen LogP contribution is -2.28. The molecule has 0 fully saturated rings. The van der Waals surface area contributed by atoms with Crippen LogP contribution in [0.3, 0.4) is 0 Å². The molecule has 0 radical (unpaired) electrons. The van der Waals surface area contributed by atoms with Crippen LogP contribution in [0.5, 0.6) is 0 Å². The SMILES string of the molecule is CC(NC(=O)Cc1ccc(-n2cccc2)cc1)c1ccccc1. The van der Waals surface area contributed by atoms with E-state index in [-0.39, 0.29) is 11.9 Å². The topological polar surface area (TPSA) is 34.0 Å². The van der Waals surface area contributed by atoms with Crippen LogP contribution in [-0.4, -0.2) is 10.5 Å². The lowest BCUT2D eigenvalue weighted by molar-refractivity contribution is -0.121. The van der Waals surface area contributed by atoms with E-state index in [1.807, 2.05) is 90.6 Å². The summed E-state index contributed by atoms with van der Waals surface area (Å²) in [6, 6.07) is 22.1. The first-order valence-corrected chi connectivity index (χ1v) is 7.79. The Hall–Kier alpha value is -2.81. The number of hydrogen-bond acceptors (Lipinski definition) is 1. The zero-order valence-electron chi connectivity index (χ0n) is 13.1. The van der Waals surface area contributed by atoms with Gasteiger partial charge in [0.1, 0.15) is 0 Å². The van der Waals surface area contributed by atoms with Crippen LogP contribution in [0.15, 0.2) is 79.1 Å². The molecule has 3 rings (SSSR count). The highest BCUT2D eigenvalue weighted by molar-refractivity contribution is 5.79. The van der Waals surface area contributed by atoms with Crippen molar-refractivity contribution >= 4 is 5.91 Å². The van der Waals surface area contributed by atoms with Gasteiger partial charge < -0.3 is 9.88 Å². The van der Waals surface area contributed by atoms with Crippen molar-refractivity contribution in [2.24, 2.45) is 0 Å². The molecule has 1 amide bonds. The molecular formula is C20H20N2O. The summed E-state index contributed by atoms with van der Waals surface area (Å²) in [5.74, 6) is 0.0371. The first-order valence-electron chi connectivity index (χ1n) is 7.79. The van der Waals surface area contributed by atoms with Gasteiger partial charge in [0.15, 0.2) is 0 Å². The van der Waals surface area contributed by atoms with Gasteiger partial charge >= 0.3 is 0 Å². The van der Waals surface area contributed by atoms with Gasteiger partial charge in [0.2, 0.25) is 5.91 Å². The van der Waals surface area contributed by atoms with Crippen molar-refractivity contribution in [3.05, 3.63) is 90.3 Å². The molecule has 3 heteroatoms. The van der Waals surface area contributed by atoms with E-state index in [4.69, 9.17) is 0 Å². The number of rotatable bonds is 5. The lowest BCUT2D eigenvalue weighted by atomic mass is 10.1. The number of nitrogens with one attached hydrogen (secondary N) is 1. The largest absolute Gasteiger partial charge is 0.349 e. The Kier molecular flexibility index (Phi) is 4.57. The van der Waals surface area contributed by atoms with Gasteiger partial charge in [-0.25, -0.2) is 0 Å². The van der Waals surface area contributed by atoms with Gasteiger partial charge in [0.05, 0.1) is 12.5 Å². The fourth-order valence-electron chi connectivity index (χ4n) is 2.60. The molecule has 0 aliphatic rings. The van der Waals surface area contributed by atoms with Gasteiger partial charge in [0, 0.05) is 18.1 Å². The first-order chi connectivity index (χ1) is 11.2. The Morgan fingerprint density at radius 2 is 1.61 bits per heavy atom. The van der Waals surface area contributed by atoms with Crippen molar-refractivity contribution in [3.63, 3.8) is 0 Å². The van der Waals surface area contributed by atoms with Crippen molar-refractivity contribution in [2.75, 3.05) is 0 Å². The van der Waals surface area contributed by atoms with Crippen LogP contribution in [0.25, 0.3) is 5.69 Å². The second-order valence-corrected chi connectivity index (χ2v) is 5.63.